The van der Waals surface area contributed by atoms with Crippen molar-refractivity contribution < 1.29 is 4.79 Å². The van der Waals surface area contributed by atoms with Crippen LogP contribution < -0.4 is 10.6 Å². The van der Waals surface area contributed by atoms with Gasteiger partial charge in [0.2, 0.25) is 0 Å². The Hall–Kier alpha value is -1.32. The highest BCUT2D eigenvalue weighted by molar-refractivity contribution is 6.06. The van der Waals surface area contributed by atoms with Crippen LogP contribution in [0.2, 0.25) is 0 Å². The van der Waals surface area contributed by atoms with Crippen LogP contribution in [-0.2, 0) is 0 Å². The molecule has 1 N–H and O–H groups in total. The van der Waals surface area contributed by atoms with Gasteiger partial charge in [-0.2, -0.15) is 10.3 Å². The van der Waals surface area contributed by atoms with Gasteiger partial charge in [0.05, 0.1) is 0 Å². The first-order valence-electron chi connectivity index (χ1n) is 4.98. The van der Waals surface area contributed by atoms with E-state index in [1.807, 2.05) is 6.92 Å². The number of aliphatic imine (C=N–C) groups is 1. The van der Waals surface area contributed by atoms with Crippen LogP contribution in [0.1, 0.15) is 33.1 Å². The SMILES string of the molecule is CCCCCNC1=NC(=O)[N]C=C1C. The Labute approximate surface area is 84.5 Å². The fourth-order valence-electron chi connectivity index (χ4n) is 1.19. The maximum Gasteiger partial charge on any atom is 0.368 e. The monoisotopic (exact) mass is 194 g/mol. The predicted molar refractivity (Wildman–Crippen MR) is 56.2 cm³/mol. The molecule has 0 atom stereocenters. The molecule has 1 aliphatic rings. The van der Waals surface area contributed by atoms with Crippen molar-refractivity contribution in [2.75, 3.05) is 6.54 Å². The van der Waals surface area contributed by atoms with Crippen molar-refractivity contribution in [3.63, 3.8) is 0 Å². The fraction of sp³-hybridized carbons (Fsp3) is 0.600. The Balaban J connectivity index is 2.35. The lowest BCUT2D eigenvalue weighted by atomic mass is 10.2. The molecule has 77 valence electrons. The van der Waals surface area contributed by atoms with Crippen molar-refractivity contribution in [2.24, 2.45) is 4.99 Å². The molecule has 2 amide bonds. The third-order valence-corrected chi connectivity index (χ3v) is 2.02. The van der Waals surface area contributed by atoms with E-state index in [1.54, 1.807) is 6.20 Å². The molecule has 14 heavy (non-hydrogen) atoms. The molecule has 0 aromatic rings. The molecule has 0 unspecified atom stereocenters. The zero-order valence-corrected chi connectivity index (χ0v) is 8.71. The van der Waals surface area contributed by atoms with E-state index >= 15 is 0 Å². The predicted octanol–water partition coefficient (Wildman–Crippen LogP) is 1.81. The zero-order chi connectivity index (χ0) is 10.4. The van der Waals surface area contributed by atoms with Crippen LogP contribution in [0, 0.1) is 0 Å². The molecule has 0 aromatic heterocycles. The summed E-state index contributed by atoms with van der Waals surface area (Å²) in [6.07, 6.45) is 5.05. The molecule has 1 rings (SSSR count). The van der Waals surface area contributed by atoms with Crippen molar-refractivity contribution in [1.82, 2.24) is 10.6 Å². The summed E-state index contributed by atoms with van der Waals surface area (Å²) in [4.78, 5) is 14.7. The molecule has 1 radical (unpaired) electrons. The maximum absolute atomic E-state index is 10.9. The number of urea groups is 1. The highest BCUT2D eigenvalue weighted by Crippen LogP contribution is 2.01. The topological polar surface area (TPSA) is 55.6 Å². The highest BCUT2D eigenvalue weighted by atomic mass is 16.2. The third-order valence-electron chi connectivity index (χ3n) is 2.02. The van der Waals surface area contributed by atoms with Crippen molar-refractivity contribution in [3.05, 3.63) is 11.8 Å². The van der Waals surface area contributed by atoms with E-state index in [-0.39, 0.29) is 0 Å². The largest absolute Gasteiger partial charge is 0.370 e. The number of amides is 2. The summed E-state index contributed by atoms with van der Waals surface area (Å²) >= 11 is 0. The Morgan fingerprint density at radius 3 is 2.93 bits per heavy atom. The number of rotatable bonds is 4. The lowest BCUT2D eigenvalue weighted by molar-refractivity contribution is 0.251. The maximum atomic E-state index is 10.9. The smallest absolute Gasteiger partial charge is 0.368 e. The van der Waals surface area contributed by atoms with Crippen LogP contribution in [0.4, 0.5) is 4.79 Å². The molecule has 4 nitrogen and oxygen atoms in total. The van der Waals surface area contributed by atoms with Gasteiger partial charge in [0.15, 0.2) is 0 Å². The van der Waals surface area contributed by atoms with Crippen LogP contribution in [0.15, 0.2) is 16.8 Å². The molecule has 0 bridgehead atoms. The summed E-state index contributed by atoms with van der Waals surface area (Å²) in [5.41, 5.74) is 0.918. The summed E-state index contributed by atoms with van der Waals surface area (Å²) in [5, 5.41) is 6.71. The average Bonchev–Trinajstić information content (AvgIpc) is 2.18. The second kappa shape index (κ2) is 5.42. The average molecular weight is 194 g/mol. The lowest BCUT2D eigenvalue weighted by Crippen LogP contribution is -2.30. The van der Waals surface area contributed by atoms with E-state index in [2.05, 4.69) is 22.5 Å². The van der Waals surface area contributed by atoms with Crippen LogP contribution in [0.5, 0.6) is 0 Å². The quantitative estimate of drug-likeness (QED) is 0.694. The number of carbonyl (C=O) groups is 1. The highest BCUT2D eigenvalue weighted by Gasteiger charge is 2.11. The first kappa shape index (κ1) is 10.8. The molecule has 0 saturated carbocycles. The van der Waals surface area contributed by atoms with Crippen LogP contribution >= 0.6 is 0 Å². The number of nitrogens with one attached hydrogen (secondary N) is 1. The summed E-state index contributed by atoms with van der Waals surface area (Å²) in [7, 11) is 0. The second-order valence-electron chi connectivity index (χ2n) is 3.32. The van der Waals surface area contributed by atoms with Gasteiger partial charge in [-0.05, 0) is 13.3 Å². The van der Waals surface area contributed by atoms with Crippen molar-refractivity contribution >= 4 is 11.9 Å². The van der Waals surface area contributed by atoms with Gasteiger partial charge in [-0.1, -0.05) is 19.8 Å². The van der Waals surface area contributed by atoms with E-state index < -0.39 is 6.03 Å². The summed E-state index contributed by atoms with van der Waals surface area (Å²) in [5.74, 6) is 0.668. The molecule has 0 spiro atoms. The second-order valence-corrected chi connectivity index (χ2v) is 3.32. The zero-order valence-electron chi connectivity index (χ0n) is 8.71. The Bertz CT molecular complexity index is 269. The van der Waals surface area contributed by atoms with Gasteiger partial charge in [0.1, 0.15) is 5.84 Å². The third kappa shape index (κ3) is 3.20. The van der Waals surface area contributed by atoms with Gasteiger partial charge in [0.25, 0.3) is 0 Å². The Morgan fingerprint density at radius 2 is 2.21 bits per heavy atom. The first-order valence-corrected chi connectivity index (χ1v) is 4.98. The summed E-state index contributed by atoms with van der Waals surface area (Å²) < 4.78 is 0. The molecule has 4 heteroatoms. The molecule has 0 fully saturated rings. The first-order chi connectivity index (χ1) is 6.74. The summed E-state index contributed by atoms with van der Waals surface area (Å²) in [6, 6.07) is -0.423. The molecule has 0 aliphatic carbocycles. The molecular formula is C10H16N3O. The van der Waals surface area contributed by atoms with Crippen molar-refractivity contribution in [2.45, 2.75) is 33.1 Å². The molecule has 0 saturated heterocycles. The minimum absolute atomic E-state index is 0.423. The van der Waals surface area contributed by atoms with E-state index in [1.165, 1.54) is 12.8 Å². The van der Waals surface area contributed by atoms with Gasteiger partial charge in [-0.15, -0.1) is 0 Å². The normalized spacial score (nSPS) is 15.7. The van der Waals surface area contributed by atoms with Crippen LogP contribution in [0.3, 0.4) is 0 Å². The Kier molecular flexibility index (Phi) is 4.16. The van der Waals surface area contributed by atoms with Gasteiger partial charge in [0, 0.05) is 18.3 Å². The molecule has 0 aromatic carbocycles. The van der Waals surface area contributed by atoms with E-state index in [4.69, 9.17) is 0 Å². The molecular weight excluding hydrogens is 178 g/mol. The van der Waals surface area contributed by atoms with E-state index in [9.17, 15) is 4.79 Å². The van der Waals surface area contributed by atoms with E-state index in [0.29, 0.717) is 5.84 Å². The van der Waals surface area contributed by atoms with Gasteiger partial charge >= 0.3 is 6.03 Å². The van der Waals surface area contributed by atoms with Gasteiger partial charge in [-0.3, -0.25) is 0 Å². The van der Waals surface area contributed by atoms with Crippen molar-refractivity contribution in [1.29, 1.82) is 0 Å². The number of hydrogen-bond acceptors (Lipinski definition) is 2. The van der Waals surface area contributed by atoms with Crippen LogP contribution in [-0.4, -0.2) is 18.4 Å². The summed E-state index contributed by atoms with van der Waals surface area (Å²) in [6.45, 7) is 4.92. The lowest BCUT2D eigenvalue weighted by Gasteiger charge is -2.12. The van der Waals surface area contributed by atoms with Crippen molar-refractivity contribution in [3.8, 4) is 0 Å². The minimum Gasteiger partial charge on any atom is -0.370 e. The minimum atomic E-state index is -0.423. The van der Waals surface area contributed by atoms with Gasteiger partial charge in [-0.25, -0.2) is 4.79 Å². The van der Waals surface area contributed by atoms with E-state index in [0.717, 1.165) is 18.5 Å². The molecule has 1 aliphatic heterocycles. The number of unbranched alkanes of at least 4 members (excludes halogenated alkanes) is 2. The standard InChI is InChI=1S/C10H16N3O/c1-3-4-5-6-11-9-8(2)7-12-10(14)13-9/h7H,3-6H2,1-2H3,(H,11,13,14). The Morgan fingerprint density at radius 1 is 1.43 bits per heavy atom. The number of nitrogens with zero attached hydrogens (tertiary/aromatic N) is 2. The number of amidine groups is 1. The number of hydrogen-bond donors (Lipinski definition) is 1. The fourth-order valence-corrected chi connectivity index (χ4v) is 1.19. The molecule has 1 heterocycles. The van der Waals surface area contributed by atoms with Gasteiger partial charge < -0.3 is 5.32 Å². The van der Waals surface area contributed by atoms with Crippen LogP contribution in [0.25, 0.3) is 0 Å². The number of carbonyl (C=O) groups excluding carboxylic acids is 1.